The number of rotatable bonds is 7. The maximum atomic E-state index is 12.1. The van der Waals surface area contributed by atoms with Gasteiger partial charge in [0.1, 0.15) is 5.75 Å². The lowest BCUT2D eigenvalue weighted by Gasteiger charge is -2.17. The van der Waals surface area contributed by atoms with Crippen molar-refractivity contribution >= 4 is 23.5 Å². The number of hydrogen-bond donors (Lipinski definition) is 3. The minimum atomic E-state index is -4.79. The lowest BCUT2D eigenvalue weighted by Crippen LogP contribution is -2.47. The van der Waals surface area contributed by atoms with Crippen LogP contribution in [0.25, 0.3) is 0 Å². The van der Waals surface area contributed by atoms with Crippen LogP contribution in [0.2, 0.25) is 0 Å². The van der Waals surface area contributed by atoms with Crippen molar-refractivity contribution in [1.82, 2.24) is 15.5 Å². The first-order valence-electron chi connectivity index (χ1n) is 9.05. The molecular formula is C18H23F3N4O4. The molecule has 0 radical (unpaired) electrons. The second-order valence-electron chi connectivity index (χ2n) is 6.80. The maximum absolute atomic E-state index is 12.1. The summed E-state index contributed by atoms with van der Waals surface area (Å²) < 4.78 is 40.1. The van der Waals surface area contributed by atoms with E-state index in [4.69, 9.17) is 0 Å². The molecule has 1 aromatic rings. The molecule has 1 aliphatic carbocycles. The molecule has 8 nitrogen and oxygen atoms in total. The van der Waals surface area contributed by atoms with Gasteiger partial charge in [-0.1, -0.05) is 12.8 Å². The van der Waals surface area contributed by atoms with Crippen LogP contribution in [0.1, 0.15) is 25.7 Å². The van der Waals surface area contributed by atoms with Crippen molar-refractivity contribution in [3.8, 4) is 5.75 Å². The molecule has 4 amide bonds. The fraction of sp³-hybridized carbons (Fsp3) is 0.500. The highest BCUT2D eigenvalue weighted by atomic mass is 19.4. The number of likely N-dealkylation sites (N-methyl/N-ethyl adjacent to an activating group) is 1. The number of urea groups is 1. The number of imide groups is 1. The van der Waals surface area contributed by atoms with Crippen molar-refractivity contribution < 1.29 is 32.3 Å². The van der Waals surface area contributed by atoms with Crippen LogP contribution in [-0.2, 0) is 9.59 Å². The first kappa shape index (κ1) is 22.5. The number of alkyl halides is 3. The first-order valence-corrected chi connectivity index (χ1v) is 9.05. The summed E-state index contributed by atoms with van der Waals surface area (Å²) in [4.78, 5) is 37.0. The molecule has 11 heteroatoms. The summed E-state index contributed by atoms with van der Waals surface area (Å²) in [6, 6.07) is 4.20. The SMILES string of the molecule is CN(CC(=O)NC(=O)NC1CCCC1)CC(=O)Nc1ccc(OC(F)(F)F)cc1. The van der Waals surface area contributed by atoms with Crippen LogP contribution in [0.5, 0.6) is 5.75 Å². The van der Waals surface area contributed by atoms with Gasteiger partial charge in [-0.25, -0.2) is 4.79 Å². The number of nitrogens with one attached hydrogen (secondary N) is 3. The lowest BCUT2D eigenvalue weighted by molar-refractivity contribution is -0.274. The standard InChI is InChI=1S/C18H23F3N4O4/c1-25(11-16(27)24-17(28)23-12-4-2-3-5-12)10-15(26)22-13-6-8-14(9-7-13)29-18(19,20)21/h6-9,12H,2-5,10-11H2,1H3,(H,22,26)(H2,23,24,27,28). The fourth-order valence-electron chi connectivity index (χ4n) is 2.94. The molecule has 0 aliphatic heterocycles. The van der Waals surface area contributed by atoms with Gasteiger partial charge in [0, 0.05) is 11.7 Å². The van der Waals surface area contributed by atoms with Crippen LogP contribution < -0.4 is 20.7 Å². The summed E-state index contributed by atoms with van der Waals surface area (Å²) in [6.07, 6.45) is -0.901. The Kier molecular flexibility index (Phi) is 7.82. The molecule has 0 spiro atoms. The quantitative estimate of drug-likeness (QED) is 0.633. The molecule has 0 atom stereocenters. The minimum Gasteiger partial charge on any atom is -0.406 e. The number of hydrogen-bond acceptors (Lipinski definition) is 5. The van der Waals surface area contributed by atoms with E-state index >= 15 is 0 Å². The molecule has 1 aromatic carbocycles. The Balaban J connectivity index is 1.71. The van der Waals surface area contributed by atoms with Gasteiger partial charge in [-0.15, -0.1) is 13.2 Å². The number of anilines is 1. The molecule has 1 fully saturated rings. The van der Waals surface area contributed by atoms with Crippen molar-refractivity contribution in [2.75, 3.05) is 25.5 Å². The van der Waals surface area contributed by atoms with Crippen molar-refractivity contribution in [2.24, 2.45) is 0 Å². The molecule has 0 saturated heterocycles. The van der Waals surface area contributed by atoms with Crippen LogP contribution in [0.3, 0.4) is 0 Å². The Morgan fingerprint density at radius 1 is 1.07 bits per heavy atom. The first-order chi connectivity index (χ1) is 13.6. The Bertz CT molecular complexity index is 719. The maximum Gasteiger partial charge on any atom is 0.573 e. The van der Waals surface area contributed by atoms with Gasteiger partial charge in [-0.3, -0.25) is 19.8 Å². The van der Waals surface area contributed by atoms with Crippen molar-refractivity contribution in [2.45, 2.75) is 38.1 Å². The van der Waals surface area contributed by atoms with E-state index in [0.717, 1.165) is 37.8 Å². The highest BCUT2D eigenvalue weighted by molar-refractivity contribution is 5.96. The second-order valence-corrected chi connectivity index (χ2v) is 6.80. The van der Waals surface area contributed by atoms with Gasteiger partial charge in [-0.05, 0) is 44.2 Å². The van der Waals surface area contributed by atoms with Crippen LogP contribution in [0.4, 0.5) is 23.7 Å². The van der Waals surface area contributed by atoms with Gasteiger partial charge >= 0.3 is 12.4 Å². The Labute approximate surface area is 165 Å². The summed E-state index contributed by atoms with van der Waals surface area (Å²) in [5.41, 5.74) is 0.276. The average molecular weight is 416 g/mol. The molecule has 2 rings (SSSR count). The predicted octanol–water partition coefficient (Wildman–Crippen LogP) is 2.22. The second kappa shape index (κ2) is 10.1. The molecule has 3 N–H and O–H groups in total. The molecule has 0 heterocycles. The Morgan fingerprint density at radius 3 is 2.24 bits per heavy atom. The average Bonchev–Trinajstić information content (AvgIpc) is 3.07. The number of halogens is 3. The van der Waals surface area contributed by atoms with Crippen molar-refractivity contribution in [1.29, 1.82) is 0 Å². The number of amides is 4. The number of benzene rings is 1. The summed E-state index contributed by atoms with van der Waals surface area (Å²) >= 11 is 0. The lowest BCUT2D eigenvalue weighted by atomic mass is 10.2. The molecule has 0 unspecified atom stereocenters. The van der Waals surface area contributed by atoms with Gasteiger partial charge in [0.2, 0.25) is 11.8 Å². The monoisotopic (exact) mass is 416 g/mol. The molecule has 29 heavy (non-hydrogen) atoms. The summed E-state index contributed by atoms with van der Waals surface area (Å²) in [5.74, 6) is -1.43. The van der Waals surface area contributed by atoms with Gasteiger partial charge in [0.25, 0.3) is 0 Å². The Hall–Kier alpha value is -2.82. The minimum absolute atomic E-state index is 0.0826. The van der Waals surface area contributed by atoms with E-state index in [1.165, 1.54) is 24.1 Å². The molecule has 1 saturated carbocycles. The van der Waals surface area contributed by atoms with Gasteiger partial charge in [-0.2, -0.15) is 0 Å². The predicted molar refractivity (Wildman–Crippen MR) is 98.2 cm³/mol. The third kappa shape index (κ3) is 8.81. The topological polar surface area (TPSA) is 99.8 Å². The van der Waals surface area contributed by atoms with Crippen molar-refractivity contribution in [3.05, 3.63) is 24.3 Å². The molecule has 160 valence electrons. The number of carbonyl (C=O) groups is 3. The van der Waals surface area contributed by atoms with E-state index in [2.05, 4.69) is 20.7 Å². The fourth-order valence-corrected chi connectivity index (χ4v) is 2.94. The third-order valence-electron chi connectivity index (χ3n) is 4.14. The smallest absolute Gasteiger partial charge is 0.406 e. The van der Waals surface area contributed by atoms with E-state index < -0.39 is 30.0 Å². The van der Waals surface area contributed by atoms with Crippen LogP contribution in [0, 0.1) is 0 Å². The summed E-state index contributed by atoms with van der Waals surface area (Å²) in [7, 11) is 1.52. The van der Waals surface area contributed by atoms with E-state index in [-0.39, 0.29) is 24.8 Å². The van der Waals surface area contributed by atoms with E-state index in [1.807, 2.05) is 0 Å². The highest BCUT2D eigenvalue weighted by Crippen LogP contribution is 2.23. The largest absolute Gasteiger partial charge is 0.573 e. The van der Waals surface area contributed by atoms with Crippen LogP contribution >= 0.6 is 0 Å². The highest BCUT2D eigenvalue weighted by Gasteiger charge is 2.31. The molecule has 1 aliphatic rings. The zero-order chi connectivity index (χ0) is 21.4. The van der Waals surface area contributed by atoms with Gasteiger partial charge < -0.3 is 15.4 Å². The zero-order valence-corrected chi connectivity index (χ0v) is 15.8. The molecule has 0 bridgehead atoms. The normalized spacial score (nSPS) is 14.5. The Morgan fingerprint density at radius 2 is 1.66 bits per heavy atom. The van der Waals surface area contributed by atoms with Gasteiger partial charge in [0.05, 0.1) is 13.1 Å². The number of nitrogens with zero attached hydrogens (tertiary/aromatic N) is 1. The summed E-state index contributed by atoms with van der Waals surface area (Å²) in [5, 5.41) is 7.44. The summed E-state index contributed by atoms with van der Waals surface area (Å²) in [6.45, 7) is -0.331. The van der Waals surface area contributed by atoms with Crippen LogP contribution in [-0.4, -0.2) is 55.3 Å². The van der Waals surface area contributed by atoms with Gasteiger partial charge in [0.15, 0.2) is 0 Å². The third-order valence-corrected chi connectivity index (χ3v) is 4.14. The van der Waals surface area contributed by atoms with E-state index in [9.17, 15) is 27.6 Å². The van der Waals surface area contributed by atoms with Crippen molar-refractivity contribution in [3.63, 3.8) is 0 Å². The van der Waals surface area contributed by atoms with Crippen LogP contribution in [0.15, 0.2) is 24.3 Å². The van der Waals surface area contributed by atoms with E-state index in [0.29, 0.717) is 0 Å². The molecule has 0 aromatic heterocycles. The zero-order valence-electron chi connectivity index (χ0n) is 15.8. The number of ether oxygens (including phenoxy) is 1. The van der Waals surface area contributed by atoms with E-state index in [1.54, 1.807) is 0 Å². The molecular weight excluding hydrogens is 393 g/mol. The number of carbonyl (C=O) groups excluding carboxylic acids is 3.